The molecule has 2 rings (SSSR count). The number of aryl methyl sites for hydroxylation is 1. The lowest BCUT2D eigenvalue weighted by molar-refractivity contribution is -0.113. The minimum atomic E-state index is -0.134. The van der Waals surface area contributed by atoms with Crippen molar-refractivity contribution in [1.29, 1.82) is 0 Å². The number of ether oxygens (including phenoxy) is 1. The third-order valence-corrected chi connectivity index (χ3v) is 8.38. The normalized spacial score (nSPS) is 12.1. The SMILES string of the molecule is COc1c(Br)cc(Br)c(NC(=O)CSCCCc2cc(C(C)(C)C)c(O)c(C(C)(C)C)c2)c1Br. The average Bonchev–Trinajstić information content (AvgIpc) is 2.70. The highest BCUT2D eigenvalue weighted by Gasteiger charge is 2.26. The molecule has 188 valence electrons. The predicted molar refractivity (Wildman–Crippen MR) is 156 cm³/mol. The summed E-state index contributed by atoms with van der Waals surface area (Å²) >= 11 is 12.1. The number of carbonyl (C=O) groups excluding carboxylic acids is 1. The summed E-state index contributed by atoms with van der Waals surface area (Å²) in [5, 5.41) is 13.9. The third kappa shape index (κ3) is 7.65. The first-order valence-electron chi connectivity index (χ1n) is 11.1. The topological polar surface area (TPSA) is 58.6 Å². The van der Waals surface area contributed by atoms with E-state index in [4.69, 9.17) is 4.74 Å². The van der Waals surface area contributed by atoms with Crippen LogP contribution in [-0.2, 0) is 22.0 Å². The van der Waals surface area contributed by atoms with Gasteiger partial charge in [-0.1, -0.05) is 53.7 Å². The van der Waals surface area contributed by atoms with Crippen molar-refractivity contribution in [2.75, 3.05) is 23.9 Å². The van der Waals surface area contributed by atoms with Crippen molar-refractivity contribution in [2.24, 2.45) is 0 Å². The van der Waals surface area contributed by atoms with E-state index >= 15 is 0 Å². The lowest BCUT2D eigenvalue weighted by atomic mass is 9.78. The molecule has 0 heterocycles. The molecule has 0 atom stereocenters. The van der Waals surface area contributed by atoms with Crippen LogP contribution in [0.15, 0.2) is 31.6 Å². The van der Waals surface area contributed by atoms with Gasteiger partial charge in [-0.15, -0.1) is 0 Å². The number of phenolic OH excluding ortho intramolecular Hbond substituents is 1. The van der Waals surface area contributed by atoms with Gasteiger partial charge in [0.25, 0.3) is 0 Å². The standard InChI is InChI=1S/C26H34Br3NO3S/c1-25(2,3)16-11-15(12-17(23(16)32)26(4,5)6)9-8-10-34-14-20(31)30-22-18(27)13-19(28)24(33-7)21(22)29/h11-13,32H,8-10,14H2,1-7H3,(H,30,31). The van der Waals surface area contributed by atoms with Gasteiger partial charge in [0, 0.05) is 4.47 Å². The number of carbonyl (C=O) groups is 1. The van der Waals surface area contributed by atoms with Crippen molar-refractivity contribution in [3.8, 4) is 11.5 Å². The monoisotopic (exact) mass is 677 g/mol. The van der Waals surface area contributed by atoms with E-state index in [0.717, 1.165) is 38.7 Å². The van der Waals surface area contributed by atoms with Crippen LogP contribution in [0, 0.1) is 0 Å². The number of hydrogen-bond donors (Lipinski definition) is 2. The Balaban J connectivity index is 1.98. The Labute approximate surface area is 233 Å². The number of benzene rings is 2. The molecule has 0 aromatic heterocycles. The van der Waals surface area contributed by atoms with E-state index in [1.165, 1.54) is 5.56 Å². The summed E-state index contributed by atoms with van der Waals surface area (Å²) in [6, 6.07) is 6.12. The smallest absolute Gasteiger partial charge is 0.234 e. The highest BCUT2D eigenvalue weighted by Crippen LogP contribution is 2.43. The maximum Gasteiger partial charge on any atom is 0.234 e. The minimum absolute atomic E-state index is 0.0644. The molecule has 0 aliphatic rings. The van der Waals surface area contributed by atoms with Gasteiger partial charge in [0.2, 0.25) is 5.91 Å². The second kappa shape index (κ2) is 12.0. The number of anilines is 1. The Morgan fingerprint density at radius 1 is 1.00 bits per heavy atom. The number of aromatic hydroxyl groups is 1. The first-order valence-corrected chi connectivity index (χ1v) is 14.7. The van der Waals surface area contributed by atoms with Crippen molar-refractivity contribution in [1.82, 2.24) is 0 Å². The highest BCUT2D eigenvalue weighted by molar-refractivity contribution is 9.11. The molecule has 34 heavy (non-hydrogen) atoms. The average molecular weight is 680 g/mol. The van der Waals surface area contributed by atoms with Gasteiger partial charge in [-0.3, -0.25) is 4.79 Å². The zero-order valence-corrected chi connectivity index (χ0v) is 26.4. The number of thioether (sulfide) groups is 1. The summed E-state index contributed by atoms with van der Waals surface area (Å²) in [5.74, 6) is 2.22. The summed E-state index contributed by atoms with van der Waals surface area (Å²) in [4.78, 5) is 12.5. The van der Waals surface area contributed by atoms with E-state index in [0.29, 0.717) is 27.4 Å². The molecule has 0 saturated carbocycles. The van der Waals surface area contributed by atoms with Crippen LogP contribution in [0.1, 0.15) is 64.7 Å². The number of rotatable bonds is 8. The Kier molecular flexibility index (Phi) is 10.4. The lowest BCUT2D eigenvalue weighted by Gasteiger charge is -2.28. The zero-order chi connectivity index (χ0) is 25.8. The Hall–Kier alpha value is -0.700. The third-order valence-electron chi connectivity index (χ3n) is 5.37. The first-order chi connectivity index (χ1) is 15.7. The largest absolute Gasteiger partial charge is 0.507 e. The van der Waals surface area contributed by atoms with Crippen LogP contribution in [0.4, 0.5) is 5.69 Å². The molecule has 0 bridgehead atoms. The minimum Gasteiger partial charge on any atom is -0.507 e. The number of amides is 1. The summed E-state index contributed by atoms with van der Waals surface area (Å²) in [6.45, 7) is 12.8. The zero-order valence-electron chi connectivity index (χ0n) is 20.9. The molecule has 2 aromatic carbocycles. The van der Waals surface area contributed by atoms with Crippen LogP contribution in [-0.4, -0.2) is 29.6 Å². The molecule has 8 heteroatoms. The Morgan fingerprint density at radius 3 is 2.06 bits per heavy atom. The molecule has 1 amide bonds. The van der Waals surface area contributed by atoms with Gasteiger partial charge in [0.1, 0.15) is 11.5 Å². The van der Waals surface area contributed by atoms with Crippen molar-refractivity contribution >= 4 is 71.1 Å². The molecule has 2 N–H and O–H groups in total. The fourth-order valence-corrected chi connectivity index (χ4v) is 6.97. The quantitative estimate of drug-likeness (QED) is 0.275. The predicted octanol–water partition coefficient (Wildman–Crippen LogP) is 8.59. The second-order valence-corrected chi connectivity index (χ2v) is 13.9. The van der Waals surface area contributed by atoms with Crippen molar-refractivity contribution in [2.45, 2.75) is 65.2 Å². The maximum absolute atomic E-state index is 12.5. The van der Waals surface area contributed by atoms with Crippen LogP contribution < -0.4 is 10.1 Å². The second-order valence-electron chi connectivity index (χ2n) is 10.3. The summed E-state index contributed by atoms with van der Waals surface area (Å²) in [7, 11) is 1.59. The number of halogens is 3. The van der Waals surface area contributed by atoms with E-state index < -0.39 is 0 Å². The van der Waals surface area contributed by atoms with Crippen LogP contribution in [0.5, 0.6) is 11.5 Å². The molecule has 0 aliphatic heterocycles. The van der Waals surface area contributed by atoms with E-state index in [-0.39, 0.29) is 16.7 Å². The van der Waals surface area contributed by atoms with Gasteiger partial charge in [-0.05, 0) is 100.0 Å². The van der Waals surface area contributed by atoms with E-state index in [1.807, 2.05) is 6.07 Å². The molecule has 2 aromatic rings. The van der Waals surface area contributed by atoms with E-state index in [2.05, 4.69) is 107 Å². The summed E-state index contributed by atoms with van der Waals surface area (Å²) in [6.07, 6.45) is 1.86. The van der Waals surface area contributed by atoms with Crippen molar-refractivity contribution in [3.05, 3.63) is 48.3 Å². The van der Waals surface area contributed by atoms with E-state index in [9.17, 15) is 9.90 Å². The van der Waals surface area contributed by atoms with Crippen LogP contribution in [0.2, 0.25) is 0 Å². The van der Waals surface area contributed by atoms with Crippen molar-refractivity contribution in [3.63, 3.8) is 0 Å². The lowest BCUT2D eigenvalue weighted by Crippen LogP contribution is -2.18. The summed E-state index contributed by atoms with van der Waals surface area (Å²) < 4.78 is 7.63. The van der Waals surface area contributed by atoms with Gasteiger partial charge in [0.15, 0.2) is 0 Å². The molecule has 4 nitrogen and oxygen atoms in total. The maximum atomic E-state index is 12.5. The molecule has 0 fully saturated rings. The number of hydrogen-bond acceptors (Lipinski definition) is 4. The molecular weight excluding hydrogens is 646 g/mol. The fraction of sp³-hybridized carbons (Fsp3) is 0.500. The number of methoxy groups -OCH3 is 1. The van der Waals surface area contributed by atoms with Gasteiger partial charge < -0.3 is 15.2 Å². The molecule has 0 saturated heterocycles. The van der Waals surface area contributed by atoms with Gasteiger partial charge >= 0.3 is 0 Å². The number of phenols is 1. The van der Waals surface area contributed by atoms with Gasteiger partial charge in [0.05, 0.1) is 27.5 Å². The Bertz CT molecular complexity index is 1010. The molecule has 0 aliphatic carbocycles. The molecule has 0 unspecified atom stereocenters. The van der Waals surface area contributed by atoms with Crippen LogP contribution in [0.3, 0.4) is 0 Å². The van der Waals surface area contributed by atoms with E-state index in [1.54, 1.807) is 18.9 Å². The molecule has 0 radical (unpaired) electrons. The molecular formula is C26H34Br3NO3S. The number of nitrogens with one attached hydrogen (secondary N) is 1. The Morgan fingerprint density at radius 2 is 1.56 bits per heavy atom. The highest BCUT2D eigenvalue weighted by atomic mass is 79.9. The molecule has 0 spiro atoms. The van der Waals surface area contributed by atoms with Gasteiger partial charge in [-0.2, -0.15) is 11.8 Å². The van der Waals surface area contributed by atoms with Crippen molar-refractivity contribution < 1.29 is 14.6 Å². The fourth-order valence-electron chi connectivity index (χ4n) is 3.57. The van der Waals surface area contributed by atoms with Gasteiger partial charge in [-0.25, -0.2) is 0 Å². The first kappa shape index (κ1) is 29.5. The van der Waals surface area contributed by atoms with Crippen LogP contribution in [0.25, 0.3) is 0 Å². The van der Waals surface area contributed by atoms with Crippen LogP contribution >= 0.6 is 59.6 Å². The summed E-state index contributed by atoms with van der Waals surface area (Å²) in [5.41, 5.74) is 3.59.